The first-order valence-corrected chi connectivity index (χ1v) is 7.61. The molecule has 0 heterocycles. The Morgan fingerprint density at radius 1 is 1.06 bits per heavy atom. The molecule has 0 atom stereocenters. The number of thioether (sulfide) groups is 1. The number of esters is 1. The first kappa shape index (κ1) is 16.5. The summed E-state index contributed by atoms with van der Waals surface area (Å²) in [7, 11) is 0. The predicted molar refractivity (Wildman–Crippen MR) is 72.3 cm³/mol. The quantitative estimate of drug-likeness (QED) is 0.325. The van der Waals surface area contributed by atoms with Crippen LogP contribution in [0.25, 0.3) is 0 Å². The summed E-state index contributed by atoms with van der Waals surface area (Å²) in [6, 6.07) is 0. The van der Waals surface area contributed by atoms with Gasteiger partial charge in [0.05, 0.1) is 6.61 Å². The molecule has 0 saturated heterocycles. The standard InChI is InChI=1S/C13H24O3S/c1-3-5-6-7-9-17-10-8-12(14)11-13(15)16-4-2/h3-11H2,1-2H3. The summed E-state index contributed by atoms with van der Waals surface area (Å²) in [4.78, 5) is 22.4. The number of carbonyl (C=O) groups is 2. The summed E-state index contributed by atoms with van der Waals surface area (Å²) in [5.74, 6) is 1.53. The largest absolute Gasteiger partial charge is 0.466 e. The highest BCUT2D eigenvalue weighted by Crippen LogP contribution is 2.09. The minimum Gasteiger partial charge on any atom is -0.466 e. The van der Waals surface area contributed by atoms with Crippen molar-refractivity contribution in [2.45, 2.75) is 52.4 Å². The molecule has 17 heavy (non-hydrogen) atoms. The average Bonchev–Trinajstić information content (AvgIpc) is 2.28. The lowest BCUT2D eigenvalue weighted by molar-refractivity contribution is -0.145. The molecule has 0 aliphatic carbocycles. The summed E-state index contributed by atoms with van der Waals surface area (Å²) in [6.45, 7) is 4.29. The van der Waals surface area contributed by atoms with Crippen molar-refractivity contribution in [1.29, 1.82) is 0 Å². The molecule has 0 radical (unpaired) electrons. The van der Waals surface area contributed by atoms with Crippen LogP contribution in [0.1, 0.15) is 52.4 Å². The van der Waals surface area contributed by atoms with E-state index in [1.54, 1.807) is 18.7 Å². The summed E-state index contributed by atoms with van der Waals surface area (Å²) in [5.41, 5.74) is 0. The molecule has 0 unspecified atom stereocenters. The van der Waals surface area contributed by atoms with E-state index in [0.29, 0.717) is 13.0 Å². The number of ether oxygens (including phenoxy) is 1. The summed E-state index contributed by atoms with van der Waals surface area (Å²) in [6.07, 6.45) is 5.47. The van der Waals surface area contributed by atoms with Crippen LogP contribution in [0.4, 0.5) is 0 Å². The van der Waals surface area contributed by atoms with E-state index in [1.807, 2.05) is 0 Å². The number of Topliss-reactive ketones (excluding diaryl/α,β-unsaturated/α-hetero) is 1. The maximum Gasteiger partial charge on any atom is 0.313 e. The molecule has 0 aliphatic rings. The van der Waals surface area contributed by atoms with Crippen LogP contribution in [0.5, 0.6) is 0 Å². The molecule has 0 bridgehead atoms. The maximum absolute atomic E-state index is 11.3. The van der Waals surface area contributed by atoms with Crippen LogP contribution in [0.3, 0.4) is 0 Å². The summed E-state index contributed by atoms with van der Waals surface area (Å²) in [5, 5.41) is 0. The van der Waals surface area contributed by atoms with E-state index >= 15 is 0 Å². The molecule has 0 fully saturated rings. The fourth-order valence-electron chi connectivity index (χ4n) is 1.38. The molecule has 0 aromatic heterocycles. The van der Waals surface area contributed by atoms with Crippen molar-refractivity contribution in [1.82, 2.24) is 0 Å². The third-order valence-electron chi connectivity index (χ3n) is 2.31. The van der Waals surface area contributed by atoms with Crippen molar-refractivity contribution in [2.75, 3.05) is 18.1 Å². The number of unbranched alkanes of at least 4 members (excludes halogenated alkanes) is 3. The lowest BCUT2D eigenvalue weighted by atomic mass is 10.2. The van der Waals surface area contributed by atoms with E-state index in [1.165, 1.54) is 25.7 Å². The number of rotatable bonds is 11. The van der Waals surface area contributed by atoms with E-state index < -0.39 is 5.97 Å². The topological polar surface area (TPSA) is 43.4 Å². The highest BCUT2D eigenvalue weighted by Gasteiger charge is 2.09. The Labute approximate surface area is 109 Å². The maximum atomic E-state index is 11.3. The van der Waals surface area contributed by atoms with E-state index in [2.05, 4.69) is 6.92 Å². The van der Waals surface area contributed by atoms with E-state index in [0.717, 1.165) is 11.5 Å². The number of hydrogen-bond acceptors (Lipinski definition) is 4. The zero-order chi connectivity index (χ0) is 12.9. The van der Waals surface area contributed by atoms with Crippen molar-refractivity contribution < 1.29 is 14.3 Å². The van der Waals surface area contributed by atoms with Gasteiger partial charge in [-0.1, -0.05) is 26.2 Å². The van der Waals surface area contributed by atoms with Gasteiger partial charge in [0.1, 0.15) is 12.2 Å². The molecule has 0 amide bonds. The molecule has 0 rings (SSSR count). The van der Waals surface area contributed by atoms with Gasteiger partial charge in [0.2, 0.25) is 0 Å². The normalized spacial score (nSPS) is 10.2. The van der Waals surface area contributed by atoms with E-state index in [4.69, 9.17) is 4.74 Å². The summed E-state index contributed by atoms with van der Waals surface area (Å²) < 4.78 is 4.72. The number of carbonyl (C=O) groups excluding carboxylic acids is 2. The zero-order valence-electron chi connectivity index (χ0n) is 11.0. The molecule has 0 N–H and O–H groups in total. The third-order valence-corrected chi connectivity index (χ3v) is 3.38. The molecule has 0 aromatic carbocycles. The second-order valence-corrected chi connectivity index (χ2v) is 5.17. The molecule has 0 spiro atoms. The Balaban J connectivity index is 3.30. The van der Waals surface area contributed by atoms with Crippen LogP contribution < -0.4 is 0 Å². The second kappa shape index (κ2) is 12.0. The Bertz CT molecular complexity index is 217. The Morgan fingerprint density at radius 2 is 1.82 bits per heavy atom. The van der Waals surface area contributed by atoms with Crippen LogP contribution >= 0.6 is 11.8 Å². The van der Waals surface area contributed by atoms with Crippen molar-refractivity contribution in [2.24, 2.45) is 0 Å². The van der Waals surface area contributed by atoms with Crippen molar-refractivity contribution in [3.05, 3.63) is 0 Å². The highest BCUT2D eigenvalue weighted by molar-refractivity contribution is 7.99. The van der Waals surface area contributed by atoms with Crippen LogP contribution in [0.2, 0.25) is 0 Å². The molecule has 0 aliphatic heterocycles. The van der Waals surface area contributed by atoms with Crippen molar-refractivity contribution in [3.63, 3.8) is 0 Å². The Kier molecular flexibility index (Phi) is 11.6. The molecule has 0 aromatic rings. The molecular weight excluding hydrogens is 236 g/mol. The molecule has 100 valence electrons. The van der Waals surface area contributed by atoms with Gasteiger partial charge in [0.25, 0.3) is 0 Å². The van der Waals surface area contributed by atoms with Crippen molar-refractivity contribution in [3.8, 4) is 0 Å². The number of ketones is 1. The lowest BCUT2D eigenvalue weighted by Gasteiger charge is -2.02. The fraction of sp³-hybridized carbons (Fsp3) is 0.846. The van der Waals surface area contributed by atoms with Crippen LogP contribution in [-0.2, 0) is 14.3 Å². The van der Waals surface area contributed by atoms with E-state index in [-0.39, 0.29) is 12.2 Å². The number of hydrogen-bond donors (Lipinski definition) is 0. The van der Waals surface area contributed by atoms with Crippen LogP contribution in [-0.4, -0.2) is 29.9 Å². The SMILES string of the molecule is CCCCCCSCCC(=O)CC(=O)OCC. The summed E-state index contributed by atoms with van der Waals surface area (Å²) >= 11 is 1.80. The second-order valence-electron chi connectivity index (χ2n) is 3.94. The predicted octanol–water partition coefficient (Wildman–Crippen LogP) is 3.21. The Hall–Kier alpha value is -0.510. The molecule has 4 heteroatoms. The smallest absolute Gasteiger partial charge is 0.313 e. The van der Waals surface area contributed by atoms with Gasteiger partial charge in [-0.25, -0.2) is 0 Å². The van der Waals surface area contributed by atoms with Gasteiger partial charge in [-0.15, -0.1) is 0 Å². The molecule has 0 saturated carbocycles. The van der Waals surface area contributed by atoms with Crippen molar-refractivity contribution >= 4 is 23.5 Å². The average molecular weight is 260 g/mol. The first-order chi connectivity index (χ1) is 8.20. The van der Waals surface area contributed by atoms with Gasteiger partial charge in [0, 0.05) is 12.2 Å². The minimum absolute atomic E-state index is 0.00971. The molecular formula is C13H24O3S. The minimum atomic E-state index is -0.398. The third kappa shape index (κ3) is 11.7. The van der Waals surface area contributed by atoms with Gasteiger partial charge in [-0.2, -0.15) is 11.8 Å². The lowest BCUT2D eigenvalue weighted by Crippen LogP contribution is -2.11. The van der Waals surface area contributed by atoms with Gasteiger partial charge < -0.3 is 4.74 Å². The zero-order valence-corrected chi connectivity index (χ0v) is 11.8. The van der Waals surface area contributed by atoms with E-state index in [9.17, 15) is 9.59 Å². The highest BCUT2D eigenvalue weighted by atomic mass is 32.2. The van der Waals surface area contributed by atoms with Gasteiger partial charge >= 0.3 is 5.97 Å². The van der Waals surface area contributed by atoms with Gasteiger partial charge in [0.15, 0.2) is 0 Å². The first-order valence-electron chi connectivity index (χ1n) is 6.45. The molecule has 3 nitrogen and oxygen atoms in total. The van der Waals surface area contributed by atoms with Gasteiger partial charge in [-0.3, -0.25) is 9.59 Å². The van der Waals surface area contributed by atoms with Gasteiger partial charge in [-0.05, 0) is 19.1 Å². The fourth-order valence-corrected chi connectivity index (χ4v) is 2.36. The van der Waals surface area contributed by atoms with Crippen LogP contribution in [0.15, 0.2) is 0 Å². The van der Waals surface area contributed by atoms with Crippen LogP contribution in [0, 0.1) is 0 Å². The monoisotopic (exact) mass is 260 g/mol. The Morgan fingerprint density at radius 3 is 2.47 bits per heavy atom.